The van der Waals surface area contributed by atoms with Crippen molar-refractivity contribution in [2.24, 2.45) is 5.73 Å². The number of hydrogen-bond acceptors (Lipinski definition) is 5. The second kappa shape index (κ2) is 7.65. The molecule has 0 unspecified atom stereocenters. The van der Waals surface area contributed by atoms with Crippen molar-refractivity contribution in [3.63, 3.8) is 0 Å². The zero-order valence-electron chi connectivity index (χ0n) is 15.8. The van der Waals surface area contributed by atoms with Crippen LogP contribution in [0.3, 0.4) is 0 Å². The number of hydrogen-bond donors (Lipinski definition) is 3. The lowest BCUT2D eigenvalue weighted by Gasteiger charge is -2.14. The first-order valence-corrected chi connectivity index (χ1v) is 9.10. The van der Waals surface area contributed by atoms with Crippen LogP contribution in [0, 0.1) is 6.92 Å². The molecule has 0 saturated carbocycles. The van der Waals surface area contributed by atoms with Gasteiger partial charge in [0.1, 0.15) is 11.5 Å². The fraction of sp³-hybridized carbons (Fsp3) is 0.0909. The highest BCUT2D eigenvalue weighted by Crippen LogP contribution is 2.31. The first-order valence-electron chi connectivity index (χ1n) is 9.10. The van der Waals surface area contributed by atoms with Gasteiger partial charge in [-0.2, -0.15) is 5.10 Å². The van der Waals surface area contributed by atoms with Gasteiger partial charge in [0.15, 0.2) is 0 Å². The summed E-state index contributed by atoms with van der Waals surface area (Å²) in [5.74, 6) is 0.489. The Morgan fingerprint density at radius 1 is 1.14 bits per heavy atom. The fourth-order valence-electron chi connectivity index (χ4n) is 3.21. The maximum atomic E-state index is 11.5. The number of nitrogens with two attached hydrogens (primary N) is 1. The van der Waals surface area contributed by atoms with E-state index < -0.39 is 5.97 Å². The number of para-hydroxylation sites is 1. The highest BCUT2D eigenvalue weighted by molar-refractivity contribution is 5.95. The molecule has 0 amide bonds. The Labute approximate surface area is 167 Å². The quantitative estimate of drug-likeness (QED) is 0.454. The van der Waals surface area contributed by atoms with Crippen molar-refractivity contribution in [1.29, 1.82) is 0 Å². The normalized spacial score (nSPS) is 10.8. The van der Waals surface area contributed by atoms with Crippen molar-refractivity contribution in [2.75, 3.05) is 5.32 Å². The summed E-state index contributed by atoms with van der Waals surface area (Å²) in [6, 6.07) is 17.1. The zero-order valence-corrected chi connectivity index (χ0v) is 15.8. The molecule has 7 nitrogen and oxygen atoms in total. The molecular weight excluding hydrogens is 368 g/mol. The molecule has 146 valence electrons. The average Bonchev–Trinajstić information content (AvgIpc) is 3.08. The number of ether oxygens (including phenoxy) is 1. The van der Waals surface area contributed by atoms with Crippen molar-refractivity contribution >= 4 is 22.9 Å². The van der Waals surface area contributed by atoms with Gasteiger partial charge >= 0.3 is 5.97 Å². The van der Waals surface area contributed by atoms with Gasteiger partial charge in [0.2, 0.25) is 0 Å². The third kappa shape index (κ3) is 3.63. The summed E-state index contributed by atoms with van der Waals surface area (Å²) in [4.78, 5) is 11.5. The van der Waals surface area contributed by atoms with E-state index in [1.54, 1.807) is 17.6 Å². The molecule has 7 heteroatoms. The maximum absolute atomic E-state index is 11.5. The Kier molecular flexibility index (Phi) is 4.88. The Morgan fingerprint density at radius 2 is 1.83 bits per heavy atom. The third-order valence-electron chi connectivity index (χ3n) is 4.69. The second-order valence-electron chi connectivity index (χ2n) is 6.58. The Morgan fingerprint density at radius 3 is 2.48 bits per heavy atom. The van der Waals surface area contributed by atoms with Crippen molar-refractivity contribution in [2.45, 2.75) is 13.5 Å². The number of carboxylic acids is 1. The predicted octanol–water partition coefficient (Wildman–Crippen LogP) is 4.34. The Bertz CT molecular complexity index is 1170. The van der Waals surface area contributed by atoms with Gasteiger partial charge in [0, 0.05) is 24.0 Å². The van der Waals surface area contributed by atoms with Crippen LogP contribution in [-0.4, -0.2) is 20.7 Å². The average molecular weight is 388 g/mol. The SMILES string of the molecule is Cc1c(C(=O)O)cn2ncc(CN)c(Nc3ccc(Oc4ccccc4)cc3)c12. The van der Waals surface area contributed by atoms with Crippen LogP contribution in [0.1, 0.15) is 21.5 Å². The third-order valence-corrected chi connectivity index (χ3v) is 4.69. The molecule has 0 saturated heterocycles. The van der Waals surface area contributed by atoms with Crippen LogP contribution < -0.4 is 15.8 Å². The zero-order chi connectivity index (χ0) is 20.4. The number of nitrogens with one attached hydrogen (secondary N) is 1. The highest BCUT2D eigenvalue weighted by Gasteiger charge is 2.18. The summed E-state index contributed by atoms with van der Waals surface area (Å²) in [5.41, 5.74) is 9.78. The van der Waals surface area contributed by atoms with E-state index in [4.69, 9.17) is 10.5 Å². The predicted molar refractivity (Wildman–Crippen MR) is 111 cm³/mol. The lowest BCUT2D eigenvalue weighted by molar-refractivity contribution is 0.0696. The molecular formula is C22H20N4O3. The van der Waals surface area contributed by atoms with Crippen molar-refractivity contribution < 1.29 is 14.6 Å². The highest BCUT2D eigenvalue weighted by atomic mass is 16.5. The van der Waals surface area contributed by atoms with Crippen molar-refractivity contribution in [3.8, 4) is 11.5 Å². The molecule has 0 radical (unpaired) electrons. The number of anilines is 2. The summed E-state index contributed by atoms with van der Waals surface area (Å²) in [7, 11) is 0. The van der Waals surface area contributed by atoms with E-state index in [1.165, 1.54) is 6.20 Å². The summed E-state index contributed by atoms with van der Waals surface area (Å²) >= 11 is 0. The standard InChI is InChI=1S/C22H20N4O3/c1-14-19(22(27)28)13-26-21(14)20(15(11-23)12-24-26)25-16-7-9-18(10-8-16)29-17-5-3-2-4-6-17/h2-10,12-13,25H,11,23H2,1H3,(H,27,28). The fourth-order valence-corrected chi connectivity index (χ4v) is 3.21. The van der Waals surface area contributed by atoms with E-state index in [1.807, 2.05) is 54.6 Å². The number of aryl methyl sites for hydroxylation is 1. The molecule has 2 aromatic carbocycles. The summed E-state index contributed by atoms with van der Waals surface area (Å²) < 4.78 is 7.38. The largest absolute Gasteiger partial charge is 0.478 e. The number of rotatable bonds is 6. The smallest absolute Gasteiger partial charge is 0.337 e. The van der Waals surface area contributed by atoms with Gasteiger partial charge in [-0.3, -0.25) is 0 Å². The van der Waals surface area contributed by atoms with Gasteiger partial charge in [-0.1, -0.05) is 18.2 Å². The Balaban J connectivity index is 1.67. The monoisotopic (exact) mass is 388 g/mol. The van der Waals surface area contributed by atoms with E-state index in [0.717, 1.165) is 22.7 Å². The van der Waals surface area contributed by atoms with Crippen molar-refractivity contribution in [3.05, 3.63) is 83.7 Å². The van der Waals surface area contributed by atoms with E-state index >= 15 is 0 Å². The number of nitrogens with zero attached hydrogens (tertiary/aromatic N) is 2. The van der Waals surface area contributed by atoms with Crippen LogP contribution in [0.2, 0.25) is 0 Å². The number of carbonyl (C=O) groups is 1. The molecule has 0 aliphatic rings. The minimum atomic E-state index is -0.990. The van der Waals surface area contributed by atoms with Gasteiger partial charge in [0.25, 0.3) is 0 Å². The van der Waals surface area contributed by atoms with Crippen LogP contribution in [0.25, 0.3) is 5.52 Å². The van der Waals surface area contributed by atoms with E-state index in [2.05, 4.69) is 10.4 Å². The summed E-state index contributed by atoms with van der Waals surface area (Å²) in [5, 5.41) is 17.1. The number of aromatic nitrogens is 2. The lowest BCUT2D eigenvalue weighted by Crippen LogP contribution is -2.06. The molecule has 0 aliphatic carbocycles. The first kappa shape index (κ1) is 18.5. The topological polar surface area (TPSA) is 102 Å². The molecule has 4 N–H and O–H groups in total. The van der Waals surface area contributed by atoms with Gasteiger partial charge in [-0.25, -0.2) is 9.31 Å². The first-order chi connectivity index (χ1) is 14.1. The van der Waals surface area contributed by atoms with E-state index in [0.29, 0.717) is 16.8 Å². The number of benzene rings is 2. The number of aromatic carboxylic acids is 1. The summed E-state index contributed by atoms with van der Waals surface area (Å²) in [6.07, 6.45) is 3.16. The molecule has 0 atom stereocenters. The number of fused-ring (bicyclic) bond motifs is 1. The maximum Gasteiger partial charge on any atom is 0.337 e. The molecule has 29 heavy (non-hydrogen) atoms. The molecule has 0 fully saturated rings. The van der Waals surface area contributed by atoms with Gasteiger partial charge < -0.3 is 20.9 Å². The molecule has 0 bridgehead atoms. The van der Waals surface area contributed by atoms with Crippen LogP contribution in [0.4, 0.5) is 11.4 Å². The molecule has 2 heterocycles. The van der Waals surface area contributed by atoms with Crippen LogP contribution in [0.5, 0.6) is 11.5 Å². The van der Waals surface area contributed by atoms with Gasteiger partial charge in [-0.05, 0) is 48.9 Å². The van der Waals surface area contributed by atoms with Crippen LogP contribution in [-0.2, 0) is 6.54 Å². The van der Waals surface area contributed by atoms with E-state index in [9.17, 15) is 9.90 Å². The Hall–Kier alpha value is -3.84. The van der Waals surface area contributed by atoms with Crippen LogP contribution in [0.15, 0.2) is 67.0 Å². The molecule has 0 spiro atoms. The minimum Gasteiger partial charge on any atom is -0.478 e. The minimum absolute atomic E-state index is 0.210. The molecule has 4 rings (SSSR count). The lowest BCUT2D eigenvalue weighted by atomic mass is 10.1. The molecule has 2 aromatic heterocycles. The van der Waals surface area contributed by atoms with Crippen molar-refractivity contribution in [1.82, 2.24) is 9.61 Å². The molecule has 4 aromatic rings. The van der Waals surface area contributed by atoms with E-state index in [-0.39, 0.29) is 12.1 Å². The summed E-state index contributed by atoms with van der Waals surface area (Å²) in [6.45, 7) is 2.04. The second-order valence-corrected chi connectivity index (χ2v) is 6.58. The molecule has 0 aliphatic heterocycles. The van der Waals surface area contributed by atoms with Gasteiger partial charge in [-0.15, -0.1) is 0 Å². The van der Waals surface area contributed by atoms with Gasteiger partial charge in [0.05, 0.1) is 23.0 Å². The number of carboxylic acid groups (broad SMARTS) is 1. The van der Waals surface area contributed by atoms with Crippen LogP contribution >= 0.6 is 0 Å².